The average molecular weight is 400 g/mol. The first kappa shape index (κ1) is 18.4. The van der Waals surface area contributed by atoms with Crippen molar-refractivity contribution in [3.8, 4) is 0 Å². The molecule has 4 bridgehead atoms. The first-order valence-corrected chi connectivity index (χ1v) is 11.5. The van der Waals surface area contributed by atoms with Crippen molar-refractivity contribution in [2.45, 2.75) is 70.5 Å². The summed E-state index contributed by atoms with van der Waals surface area (Å²) in [6.45, 7) is 6.21. The third kappa shape index (κ3) is 3.11. The zero-order valence-electron chi connectivity index (χ0n) is 16.9. The molecular weight excluding hydrogens is 370 g/mol. The molecule has 0 saturated heterocycles. The van der Waals surface area contributed by atoms with Crippen molar-refractivity contribution in [2.24, 2.45) is 23.2 Å². The fraction of sp³-hybridized carbons (Fsp3) is 0.714. The molecular formula is C21H29N5OS. The molecule has 0 spiro atoms. The van der Waals surface area contributed by atoms with Gasteiger partial charge in [-0.1, -0.05) is 11.8 Å². The van der Waals surface area contributed by atoms with E-state index in [0.29, 0.717) is 16.9 Å². The zero-order valence-corrected chi connectivity index (χ0v) is 17.8. The van der Waals surface area contributed by atoms with Crippen LogP contribution in [0.1, 0.15) is 56.8 Å². The van der Waals surface area contributed by atoms with Gasteiger partial charge in [0.15, 0.2) is 5.16 Å². The second-order valence-corrected chi connectivity index (χ2v) is 10.5. The van der Waals surface area contributed by atoms with Crippen molar-refractivity contribution < 1.29 is 4.79 Å². The second-order valence-electron chi connectivity index (χ2n) is 9.51. The summed E-state index contributed by atoms with van der Waals surface area (Å²) in [7, 11) is 0. The molecule has 0 aromatic carbocycles. The maximum absolute atomic E-state index is 12.7. The average Bonchev–Trinajstić information content (AvgIpc) is 3.02. The number of aryl methyl sites for hydroxylation is 2. The van der Waals surface area contributed by atoms with Crippen molar-refractivity contribution in [3.63, 3.8) is 0 Å². The predicted octanol–water partition coefficient (Wildman–Crippen LogP) is 3.55. The first-order valence-electron chi connectivity index (χ1n) is 10.5. The number of thioether (sulfide) groups is 1. The van der Waals surface area contributed by atoms with Crippen molar-refractivity contribution in [2.75, 3.05) is 5.75 Å². The first-order chi connectivity index (χ1) is 13.4. The Labute approximate surface area is 170 Å². The minimum atomic E-state index is 0.0997. The highest BCUT2D eigenvalue weighted by Crippen LogP contribution is 2.61. The molecule has 1 amide bonds. The molecule has 7 heteroatoms. The Morgan fingerprint density at radius 3 is 2.50 bits per heavy atom. The van der Waals surface area contributed by atoms with Crippen LogP contribution in [-0.2, 0) is 4.79 Å². The molecule has 4 fully saturated rings. The number of hydrogen-bond donors (Lipinski definition) is 1. The van der Waals surface area contributed by atoms with E-state index in [9.17, 15) is 4.79 Å². The summed E-state index contributed by atoms with van der Waals surface area (Å²) in [5, 5.41) is 12.5. The number of aromatic nitrogens is 4. The molecule has 0 radical (unpaired) electrons. The summed E-state index contributed by atoms with van der Waals surface area (Å²) >= 11 is 1.44. The van der Waals surface area contributed by atoms with Crippen LogP contribution in [0.4, 0.5) is 0 Å². The van der Waals surface area contributed by atoms with Gasteiger partial charge >= 0.3 is 0 Å². The highest BCUT2D eigenvalue weighted by atomic mass is 32.2. The van der Waals surface area contributed by atoms with Gasteiger partial charge in [0, 0.05) is 17.4 Å². The summed E-state index contributed by atoms with van der Waals surface area (Å²) in [6.07, 6.45) is 8.24. The zero-order chi connectivity index (χ0) is 19.5. The van der Waals surface area contributed by atoms with Gasteiger partial charge in [0.25, 0.3) is 5.78 Å². The van der Waals surface area contributed by atoms with Gasteiger partial charge in [0.05, 0.1) is 5.75 Å². The van der Waals surface area contributed by atoms with Crippen LogP contribution in [0.3, 0.4) is 0 Å². The van der Waals surface area contributed by atoms with E-state index in [1.807, 2.05) is 24.3 Å². The standard InChI is InChI=1S/C21H29N5OS/c1-12-4-13(2)26-19(22-12)24-25-20(26)28-11-18(27)23-14(3)21-8-15-5-16(9-21)7-17(6-15)10-21/h4,14-17H,5-11H2,1-3H3,(H,23,27)/t14-,15?,16?,17?,21?/m1/s1. The lowest BCUT2D eigenvalue weighted by atomic mass is 9.48. The highest BCUT2D eigenvalue weighted by molar-refractivity contribution is 7.99. The van der Waals surface area contributed by atoms with Gasteiger partial charge in [0.1, 0.15) is 0 Å². The lowest BCUT2D eigenvalue weighted by Gasteiger charge is -2.59. The smallest absolute Gasteiger partial charge is 0.256 e. The van der Waals surface area contributed by atoms with Gasteiger partial charge in [-0.2, -0.15) is 0 Å². The van der Waals surface area contributed by atoms with Crippen LogP contribution in [0.5, 0.6) is 0 Å². The Balaban J connectivity index is 1.24. The van der Waals surface area contributed by atoms with Crippen LogP contribution in [0.25, 0.3) is 5.78 Å². The molecule has 4 aliphatic rings. The van der Waals surface area contributed by atoms with E-state index in [4.69, 9.17) is 0 Å². The van der Waals surface area contributed by atoms with Gasteiger partial charge in [0.2, 0.25) is 5.91 Å². The van der Waals surface area contributed by atoms with E-state index in [0.717, 1.165) is 34.3 Å². The molecule has 6 rings (SSSR count). The Morgan fingerprint density at radius 2 is 1.86 bits per heavy atom. The maximum atomic E-state index is 12.7. The van der Waals surface area contributed by atoms with E-state index < -0.39 is 0 Å². The number of nitrogens with one attached hydrogen (secondary N) is 1. The Morgan fingerprint density at radius 1 is 1.21 bits per heavy atom. The molecule has 4 saturated carbocycles. The third-order valence-electron chi connectivity index (χ3n) is 7.38. The van der Waals surface area contributed by atoms with E-state index >= 15 is 0 Å². The summed E-state index contributed by atoms with van der Waals surface area (Å²) in [5.74, 6) is 3.78. The molecule has 4 aliphatic carbocycles. The molecule has 150 valence electrons. The second kappa shape index (κ2) is 6.71. The van der Waals surface area contributed by atoms with Crippen LogP contribution in [0.2, 0.25) is 0 Å². The molecule has 6 nitrogen and oxygen atoms in total. The number of nitrogens with zero attached hydrogens (tertiary/aromatic N) is 4. The Bertz CT molecular complexity index is 888. The summed E-state index contributed by atoms with van der Waals surface area (Å²) in [5.41, 5.74) is 2.31. The van der Waals surface area contributed by atoms with Gasteiger partial charge < -0.3 is 5.32 Å². The van der Waals surface area contributed by atoms with Gasteiger partial charge in [-0.3, -0.25) is 9.20 Å². The summed E-state index contributed by atoms with van der Waals surface area (Å²) in [4.78, 5) is 17.1. The normalized spacial score (nSPS) is 32.0. The fourth-order valence-electron chi connectivity index (χ4n) is 6.57. The quantitative estimate of drug-likeness (QED) is 0.779. The van der Waals surface area contributed by atoms with Crippen LogP contribution in [-0.4, -0.2) is 37.3 Å². The molecule has 2 aromatic rings. The molecule has 0 unspecified atom stereocenters. The van der Waals surface area contributed by atoms with Crippen molar-refractivity contribution in [3.05, 3.63) is 17.5 Å². The van der Waals surface area contributed by atoms with E-state index in [1.54, 1.807) is 0 Å². The van der Waals surface area contributed by atoms with Crippen LogP contribution < -0.4 is 5.32 Å². The minimum Gasteiger partial charge on any atom is -0.352 e. The number of carbonyl (C=O) groups excluding carboxylic acids is 1. The number of rotatable bonds is 5. The summed E-state index contributed by atoms with van der Waals surface area (Å²) in [6, 6.07) is 2.27. The molecule has 1 atom stereocenters. The monoisotopic (exact) mass is 399 g/mol. The lowest BCUT2D eigenvalue weighted by molar-refractivity contribution is -0.123. The van der Waals surface area contributed by atoms with Crippen LogP contribution in [0, 0.1) is 37.0 Å². The minimum absolute atomic E-state index is 0.0997. The SMILES string of the molecule is Cc1cc(C)n2c(SCC(=O)N[C@H](C)C34CC5CC(CC(C5)C3)C4)nnc2n1. The number of amides is 1. The van der Waals surface area contributed by atoms with Crippen molar-refractivity contribution in [1.29, 1.82) is 0 Å². The Kier molecular flexibility index (Phi) is 4.41. The Hall–Kier alpha value is -1.63. The van der Waals surface area contributed by atoms with Crippen LogP contribution >= 0.6 is 11.8 Å². The fourth-order valence-corrected chi connectivity index (χ4v) is 7.36. The summed E-state index contributed by atoms with van der Waals surface area (Å²) < 4.78 is 1.92. The number of carbonyl (C=O) groups is 1. The van der Waals surface area contributed by atoms with Crippen molar-refractivity contribution in [1.82, 2.24) is 24.9 Å². The third-order valence-corrected chi connectivity index (χ3v) is 8.31. The molecule has 2 heterocycles. The molecule has 0 aliphatic heterocycles. The largest absolute Gasteiger partial charge is 0.352 e. The number of fused-ring (bicyclic) bond motifs is 1. The molecule has 1 N–H and O–H groups in total. The predicted molar refractivity (Wildman–Crippen MR) is 109 cm³/mol. The number of hydrogen-bond acceptors (Lipinski definition) is 5. The molecule has 2 aromatic heterocycles. The van der Waals surface area contributed by atoms with E-state index in [1.165, 1.54) is 50.3 Å². The van der Waals surface area contributed by atoms with Gasteiger partial charge in [-0.25, -0.2) is 4.98 Å². The van der Waals surface area contributed by atoms with Crippen LogP contribution in [0.15, 0.2) is 11.2 Å². The highest BCUT2D eigenvalue weighted by Gasteiger charge is 2.53. The van der Waals surface area contributed by atoms with Gasteiger partial charge in [-0.05, 0) is 88.5 Å². The van der Waals surface area contributed by atoms with E-state index in [2.05, 4.69) is 27.4 Å². The van der Waals surface area contributed by atoms with E-state index in [-0.39, 0.29) is 11.9 Å². The topological polar surface area (TPSA) is 72.2 Å². The maximum Gasteiger partial charge on any atom is 0.256 e. The van der Waals surface area contributed by atoms with Crippen molar-refractivity contribution >= 4 is 23.4 Å². The molecule has 28 heavy (non-hydrogen) atoms. The lowest BCUT2D eigenvalue weighted by Crippen LogP contribution is -2.56. The van der Waals surface area contributed by atoms with Gasteiger partial charge in [-0.15, -0.1) is 10.2 Å².